The summed E-state index contributed by atoms with van der Waals surface area (Å²) in [5, 5.41) is 11.9. The van der Waals surface area contributed by atoms with E-state index < -0.39 is 5.97 Å². The smallest absolute Gasteiger partial charge is 0.306 e. The third-order valence-corrected chi connectivity index (χ3v) is 4.73. The third-order valence-electron chi connectivity index (χ3n) is 4.01. The van der Waals surface area contributed by atoms with Gasteiger partial charge in [0, 0.05) is 22.3 Å². The molecular weight excluding hydrogens is 336 g/mol. The summed E-state index contributed by atoms with van der Waals surface area (Å²) in [7, 11) is 0. The van der Waals surface area contributed by atoms with Gasteiger partial charge >= 0.3 is 5.97 Å². The van der Waals surface area contributed by atoms with Crippen LogP contribution in [0.25, 0.3) is 0 Å². The summed E-state index contributed by atoms with van der Waals surface area (Å²) in [6, 6.07) is 5.11. The van der Waals surface area contributed by atoms with Gasteiger partial charge in [-0.3, -0.25) is 9.59 Å². The quantitative estimate of drug-likeness (QED) is 0.724. The number of anilines is 1. The summed E-state index contributed by atoms with van der Waals surface area (Å²) in [5.41, 5.74) is 6.83. The standard InChI is InChI=1S/C15H19BrN2O3/c16-12-6-5-11(7-13(12)17)14(19)18-8-9-1-3-10(4-2-9)15(20)21/h5-7,9-10H,1-4,8,17H2,(H,18,19)(H,20,21). The first-order valence-electron chi connectivity index (χ1n) is 7.03. The molecule has 0 spiro atoms. The first-order valence-corrected chi connectivity index (χ1v) is 7.82. The maximum Gasteiger partial charge on any atom is 0.306 e. The number of nitrogen functional groups attached to an aromatic ring is 1. The molecule has 0 saturated heterocycles. The predicted molar refractivity (Wildman–Crippen MR) is 84.0 cm³/mol. The number of rotatable bonds is 4. The Morgan fingerprint density at radius 1 is 1.29 bits per heavy atom. The summed E-state index contributed by atoms with van der Waals surface area (Å²) in [4.78, 5) is 22.9. The number of nitrogens with two attached hydrogens (primary N) is 1. The average molecular weight is 355 g/mol. The van der Waals surface area contributed by atoms with Crippen LogP contribution >= 0.6 is 15.9 Å². The van der Waals surface area contributed by atoms with Gasteiger partial charge in [-0.25, -0.2) is 0 Å². The molecule has 1 fully saturated rings. The Labute approximate surface area is 132 Å². The first kappa shape index (κ1) is 15.8. The number of benzene rings is 1. The lowest BCUT2D eigenvalue weighted by atomic mass is 9.82. The molecule has 1 aliphatic carbocycles. The highest BCUT2D eigenvalue weighted by Crippen LogP contribution is 2.28. The highest BCUT2D eigenvalue weighted by atomic mass is 79.9. The van der Waals surface area contributed by atoms with Gasteiger partial charge in [-0.1, -0.05) is 0 Å². The first-order chi connectivity index (χ1) is 9.97. The van der Waals surface area contributed by atoms with Crippen LogP contribution in [0.15, 0.2) is 22.7 Å². The van der Waals surface area contributed by atoms with E-state index in [0.717, 1.165) is 17.3 Å². The summed E-state index contributed by atoms with van der Waals surface area (Å²) >= 11 is 3.29. The Hall–Kier alpha value is -1.56. The van der Waals surface area contributed by atoms with Crippen molar-refractivity contribution in [3.63, 3.8) is 0 Å². The van der Waals surface area contributed by atoms with Gasteiger partial charge in [0.1, 0.15) is 0 Å². The van der Waals surface area contributed by atoms with E-state index >= 15 is 0 Å². The molecule has 5 nitrogen and oxygen atoms in total. The monoisotopic (exact) mass is 354 g/mol. The molecule has 0 unspecified atom stereocenters. The number of carbonyl (C=O) groups is 2. The minimum atomic E-state index is -0.706. The lowest BCUT2D eigenvalue weighted by molar-refractivity contribution is -0.143. The zero-order chi connectivity index (χ0) is 15.4. The van der Waals surface area contributed by atoms with Crippen LogP contribution in [0.2, 0.25) is 0 Å². The van der Waals surface area contributed by atoms with E-state index in [2.05, 4.69) is 21.2 Å². The SMILES string of the molecule is Nc1cc(C(=O)NCC2CCC(C(=O)O)CC2)ccc1Br. The number of halogens is 1. The summed E-state index contributed by atoms with van der Waals surface area (Å²) < 4.78 is 0.769. The largest absolute Gasteiger partial charge is 0.481 e. The number of hydrogen-bond acceptors (Lipinski definition) is 3. The number of aliphatic carboxylic acids is 1. The Balaban J connectivity index is 1.82. The minimum absolute atomic E-state index is 0.144. The predicted octanol–water partition coefficient (Wildman–Crippen LogP) is 2.65. The van der Waals surface area contributed by atoms with Gasteiger partial charge < -0.3 is 16.2 Å². The number of amides is 1. The van der Waals surface area contributed by atoms with Crippen molar-refractivity contribution in [1.29, 1.82) is 0 Å². The molecular formula is C15H19BrN2O3. The van der Waals surface area contributed by atoms with Crippen molar-refractivity contribution >= 4 is 33.5 Å². The summed E-state index contributed by atoms with van der Waals surface area (Å²) in [6.45, 7) is 0.584. The van der Waals surface area contributed by atoms with Crippen molar-refractivity contribution in [3.05, 3.63) is 28.2 Å². The normalized spacial score (nSPS) is 21.8. The van der Waals surface area contributed by atoms with Crippen LogP contribution in [0.4, 0.5) is 5.69 Å². The van der Waals surface area contributed by atoms with Gasteiger partial charge in [0.25, 0.3) is 5.91 Å². The molecule has 0 aliphatic heterocycles. The van der Waals surface area contributed by atoms with Gasteiger partial charge in [-0.2, -0.15) is 0 Å². The Morgan fingerprint density at radius 2 is 1.95 bits per heavy atom. The molecule has 114 valence electrons. The van der Waals surface area contributed by atoms with Gasteiger partial charge in [0.15, 0.2) is 0 Å². The molecule has 1 aromatic rings. The average Bonchev–Trinajstić information content (AvgIpc) is 2.48. The van der Waals surface area contributed by atoms with Crippen LogP contribution in [-0.4, -0.2) is 23.5 Å². The number of carboxylic acid groups (broad SMARTS) is 1. The van der Waals surface area contributed by atoms with E-state index in [1.54, 1.807) is 18.2 Å². The van der Waals surface area contributed by atoms with E-state index in [9.17, 15) is 9.59 Å². The second-order valence-electron chi connectivity index (χ2n) is 5.50. The Morgan fingerprint density at radius 3 is 2.52 bits per heavy atom. The molecule has 2 rings (SSSR count). The molecule has 1 saturated carbocycles. The fourth-order valence-electron chi connectivity index (χ4n) is 2.64. The lowest BCUT2D eigenvalue weighted by Gasteiger charge is -2.26. The topological polar surface area (TPSA) is 92.4 Å². The Bertz CT molecular complexity index is 540. The van der Waals surface area contributed by atoms with Gasteiger partial charge in [0.2, 0.25) is 0 Å². The van der Waals surface area contributed by atoms with Crippen molar-refractivity contribution < 1.29 is 14.7 Å². The van der Waals surface area contributed by atoms with Gasteiger partial charge in [-0.05, 0) is 65.7 Å². The van der Waals surface area contributed by atoms with Crippen molar-refractivity contribution in [1.82, 2.24) is 5.32 Å². The van der Waals surface area contributed by atoms with E-state index in [1.165, 1.54) is 0 Å². The van der Waals surface area contributed by atoms with Crippen LogP contribution < -0.4 is 11.1 Å². The Kier molecular flexibility index (Phi) is 5.22. The second-order valence-corrected chi connectivity index (χ2v) is 6.36. The van der Waals surface area contributed by atoms with Crippen molar-refractivity contribution in [2.24, 2.45) is 11.8 Å². The molecule has 21 heavy (non-hydrogen) atoms. The highest BCUT2D eigenvalue weighted by molar-refractivity contribution is 9.10. The zero-order valence-corrected chi connectivity index (χ0v) is 13.2. The molecule has 1 aliphatic rings. The molecule has 1 amide bonds. The van der Waals surface area contributed by atoms with E-state index in [0.29, 0.717) is 36.6 Å². The number of carbonyl (C=O) groups excluding carboxylic acids is 1. The zero-order valence-electron chi connectivity index (χ0n) is 11.6. The molecule has 0 aromatic heterocycles. The minimum Gasteiger partial charge on any atom is -0.481 e. The van der Waals surface area contributed by atoms with Crippen LogP contribution in [0.1, 0.15) is 36.0 Å². The third kappa shape index (κ3) is 4.20. The second kappa shape index (κ2) is 6.93. The van der Waals surface area contributed by atoms with Crippen LogP contribution in [0, 0.1) is 11.8 Å². The number of hydrogen-bond donors (Lipinski definition) is 3. The van der Waals surface area contributed by atoms with E-state index in [1.807, 2.05) is 0 Å². The molecule has 0 radical (unpaired) electrons. The molecule has 6 heteroatoms. The van der Waals surface area contributed by atoms with Crippen LogP contribution in [0.5, 0.6) is 0 Å². The van der Waals surface area contributed by atoms with Crippen LogP contribution in [-0.2, 0) is 4.79 Å². The number of nitrogens with one attached hydrogen (secondary N) is 1. The van der Waals surface area contributed by atoms with E-state index in [-0.39, 0.29) is 11.8 Å². The highest BCUT2D eigenvalue weighted by Gasteiger charge is 2.26. The molecule has 1 aromatic carbocycles. The van der Waals surface area contributed by atoms with Crippen molar-refractivity contribution in [3.8, 4) is 0 Å². The maximum absolute atomic E-state index is 12.0. The number of carboxylic acids is 1. The van der Waals surface area contributed by atoms with Gasteiger partial charge in [-0.15, -0.1) is 0 Å². The summed E-state index contributed by atoms with van der Waals surface area (Å²) in [6.07, 6.45) is 3.08. The van der Waals surface area contributed by atoms with Crippen molar-refractivity contribution in [2.75, 3.05) is 12.3 Å². The fraction of sp³-hybridized carbons (Fsp3) is 0.467. The maximum atomic E-state index is 12.0. The van der Waals surface area contributed by atoms with Gasteiger partial charge in [0.05, 0.1) is 5.92 Å². The summed E-state index contributed by atoms with van der Waals surface area (Å²) in [5.74, 6) is -0.710. The van der Waals surface area contributed by atoms with Crippen LogP contribution in [0.3, 0.4) is 0 Å². The molecule has 0 heterocycles. The van der Waals surface area contributed by atoms with E-state index in [4.69, 9.17) is 10.8 Å². The van der Waals surface area contributed by atoms with Crippen molar-refractivity contribution in [2.45, 2.75) is 25.7 Å². The lowest BCUT2D eigenvalue weighted by Crippen LogP contribution is -2.32. The molecule has 0 atom stereocenters. The fourth-order valence-corrected chi connectivity index (χ4v) is 2.88. The molecule has 4 N–H and O–H groups in total. The molecule has 0 bridgehead atoms.